The number of hydrogen-bond acceptors (Lipinski definition) is 4. The molecular formula is C15H21F3N4O2. The van der Waals surface area contributed by atoms with Crippen LogP contribution < -0.4 is 10.6 Å². The van der Waals surface area contributed by atoms with Crippen molar-refractivity contribution < 1.29 is 22.7 Å². The smallest absolute Gasteiger partial charge is 0.377 e. The van der Waals surface area contributed by atoms with Gasteiger partial charge in [-0.2, -0.15) is 13.2 Å². The molecule has 24 heavy (non-hydrogen) atoms. The number of morpholine rings is 1. The highest BCUT2D eigenvalue weighted by molar-refractivity contribution is 5.74. The van der Waals surface area contributed by atoms with Gasteiger partial charge < -0.3 is 20.3 Å². The van der Waals surface area contributed by atoms with E-state index in [2.05, 4.69) is 15.6 Å². The van der Waals surface area contributed by atoms with Crippen LogP contribution in [-0.2, 0) is 10.9 Å². The maximum absolute atomic E-state index is 12.4. The van der Waals surface area contributed by atoms with Crippen molar-refractivity contribution in [2.24, 2.45) is 0 Å². The van der Waals surface area contributed by atoms with Gasteiger partial charge in [-0.1, -0.05) is 0 Å². The number of nitrogens with one attached hydrogen (secondary N) is 2. The fraction of sp³-hybridized carbons (Fsp3) is 0.600. The van der Waals surface area contributed by atoms with E-state index in [9.17, 15) is 18.0 Å². The number of urea groups is 1. The van der Waals surface area contributed by atoms with Gasteiger partial charge in [0.1, 0.15) is 5.82 Å². The number of anilines is 1. The molecule has 0 saturated carbocycles. The summed E-state index contributed by atoms with van der Waals surface area (Å²) in [6, 6.07) is 2.19. The summed E-state index contributed by atoms with van der Waals surface area (Å²) in [5.41, 5.74) is -0.778. The first-order valence-corrected chi connectivity index (χ1v) is 7.77. The molecule has 134 valence electrons. The third kappa shape index (κ3) is 5.26. The van der Waals surface area contributed by atoms with Gasteiger partial charge in [-0.15, -0.1) is 0 Å². The fourth-order valence-electron chi connectivity index (χ4n) is 2.30. The second-order valence-corrected chi connectivity index (χ2v) is 5.56. The molecule has 1 aromatic heterocycles. The maximum Gasteiger partial charge on any atom is 0.417 e. The molecule has 1 aromatic rings. The predicted octanol–water partition coefficient (Wildman–Crippen LogP) is 2.33. The van der Waals surface area contributed by atoms with Crippen LogP contribution in [-0.4, -0.2) is 54.8 Å². The highest BCUT2D eigenvalue weighted by Gasteiger charge is 2.30. The number of nitrogens with zero attached hydrogens (tertiary/aromatic N) is 2. The number of hydrogen-bond donors (Lipinski definition) is 2. The van der Waals surface area contributed by atoms with E-state index in [0.29, 0.717) is 45.1 Å². The number of alkyl halides is 3. The Kier molecular flexibility index (Phi) is 6.24. The van der Waals surface area contributed by atoms with Gasteiger partial charge in [0.15, 0.2) is 0 Å². The van der Waals surface area contributed by atoms with Crippen LogP contribution in [0.1, 0.15) is 18.9 Å². The van der Waals surface area contributed by atoms with Gasteiger partial charge in [-0.3, -0.25) is 0 Å². The van der Waals surface area contributed by atoms with Gasteiger partial charge in [0, 0.05) is 25.8 Å². The summed E-state index contributed by atoms with van der Waals surface area (Å²) < 4.78 is 42.5. The molecule has 1 aliphatic rings. The summed E-state index contributed by atoms with van der Waals surface area (Å²) >= 11 is 0. The van der Waals surface area contributed by atoms with Crippen molar-refractivity contribution in [3.8, 4) is 0 Å². The molecule has 0 aromatic carbocycles. The lowest BCUT2D eigenvalue weighted by atomic mass is 10.2. The summed E-state index contributed by atoms with van der Waals surface area (Å²) in [6.07, 6.45) is -2.95. The zero-order chi connectivity index (χ0) is 17.6. The highest BCUT2D eigenvalue weighted by Crippen LogP contribution is 2.28. The summed E-state index contributed by atoms with van der Waals surface area (Å²) in [7, 11) is 0. The zero-order valence-corrected chi connectivity index (χ0v) is 13.4. The Morgan fingerprint density at radius 3 is 2.83 bits per heavy atom. The van der Waals surface area contributed by atoms with Crippen molar-refractivity contribution >= 4 is 11.8 Å². The first-order chi connectivity index (χ1) is 11.4. The summed E-state index contributed by atoms with van der Waals surface area (Å²) in [5, 5.41) is 5.74. The standard InChI is InChI=1S/C15H21F3N4O2/c1-11-10-24-8-7-22(11)14(23)20-6-2-5-19-13-4-3-12(9-21-13)15(16,17)18/h3-4,9,11H,2,5-8,10H2,1H3,(H,19,21)(H,20,23). The topological polar surface area (TPSA) is 66.5 Å². The SMILES string of the molecule is CC1COCCN1C(=O)NCCCNc1ccc(C(F)(F)F)cn1. The molecule has 1 unspecified atom stereocenters. The van der Waals surface area contributed by atoms with E-state index >= 15 is 0 Å². The Bertz CT molecular complexity index is 537. The average Bonchev–Trinajstić information content (AvgIpc) is 2.54. The van der Waals surface area contributed by atoms with E-state index in [-0.39, 0.29) is 12.1 Å². The van der Waals surface area contributed by atoms with E-state index in [1.807, 2.05) is 6.92 Å². The number of pyridine rings is 1. The summed E-state index contributed by atoms with van der Waals surface area (Å²) in [4.78, 5) is 17.4. The molecular weight excluding hydrogens is 325 g/mol. The van der Waals surface area contributed by atoms with Crippen LogP contribution in [0.5, 0.6) is 0 Å². The second-order valence-electron chi connectivity index (χ2n) is 5.56. The maximum atomic E-state index is 12.4. The lowest BCUT2D eigenvalue weighted by Gasteiger charge is -2.33. The van der Waals surface area contributed by atoms with Gasteiger partial charge in [0.05, 0.1) is 24.8 Å². The van der Waals surface area contributed by atoms with Crippen molar-refractivity contribution in [2.75, 3.05) is 38.2 Å². The highest BCUT2D eigenvalue weighted by atomic mass is 19.4. The molecule has 2 heterocycles. The Hall–Kier alpha value is -2.03. The van der Waals surface area contributed by atoms with Gasteiger partial charge >= 0.3 is 12.2 Å². The first kappa shape index (κ1) is 18.3. The van der Waals surface area contributed by atoms with E-state index in [4.69, 9.17) is 4.74 Å². The van der Waals surface area contributed by atoms with Crippen LogP contribution in [0.2, 0.25) is 0 Å². The number of ether oxygens (including phenoxy) is 1. The van der Waals surface area contributed by atoms with E-state index < -0.39 is 11.7 Å². The molecule has 1 atom stereocenters. The molecule has 0 radical (unpaired) electrons. The molecule has 2 amide bonds. The first-order valence-electron chi connectivity index (χ1n) is 7.77. The molecule has 2 N–H and O–H groups in total. The molecule has 1 saturated heterocycles. The number of carbonyl (C=O) groups excluding carboxylic acids is 1. The van der Waals surface area contributed by atoms with E-state index in [1.54, 1.807) is 4.90 Å². The molecule has 6 nitrogen and oxygen atoms in total. The Labute approximate surface area is 138 Å². The van der Waals surface area contributed by atoms with Crippen molar-refractivity contribution in [1.82, 2.24) is 15.2 Å². The van der Waals surface area contributed by atoms with Crippen LogP contribution >= 0.6 is 0 Å². The Morgan fingerprint density at radius 1 is 1.42 bits per heavy atom. The van der Waals surface area contributed by atoms with Crippen LogP contribution in [0.15, 0.2) is 18.3 Å². The summed E-state index contributed by atoms with van der Waals surface area (Å²) in [5.74, 6) is 0.371. The average molecular weight is 346 g/mol. The molecule has 0 bridgehead atoms. The van der Waals surface area contributed by atoms with Crippen molar-refractivity contribution in [1.29, 1.82) is 0 Å². The normalized spacial score (nSPS) is 18.3. The van der Waals surface area contributed by atoms with Crippen molar-refractivity contribution in [3.63, 3.8) is 0 Å². The largest absolute Gasteiger partial charge is 0.417 e. The van der Waals surface area contributed by atoms with E-state index in [0.717, 1.165) is 12.3 Å². The molecule has 0 spiro atoms. The number of aromatic nitrogens is 1. The number of carbonyl (C=O) groups is 1. The van der Waals surface area contributed by atoms with Crippen LogP contribution in [0.3, 0.4) is 0 Å². The minimum atomic E-state index is -4.38. The predicted molar refractivity (Wildman–Crippen MR) is 82.7 cm³/mol. The summed E-state index contributed by atoms with van der Waals surface area (Å²) in [6.45, 7) is 4.54. The third-order valence-electron chi connectivity index (χ3n) is 3.66. The zero-order valence-electron chi connectivity index (χ0n) is 13.4. The van der Waals surface area contributed by atoms with Gasteiger partial charge in [0.25, 0.3) is 0 Å². The molecule has 2 rings (SSSR count). The second kappa shape index (κ2) is 8.18. The minimum absolute atomic E-state index is 0.0493. The van der Waals surface area contributed by atoms with Gasteiger partial charge in [-0.05, 0) is 25.5 Å². The van der Waals surface area contributed by atoms with Crippen molar-refractivity contribution in [2.45, 2.75) is 25.6 Å². The number of halogens is 3. The number of rotatable bonds is 5. The van der Waals surface area contributed by atoms with Crippen LogP contribution in [0, 0.1) is 0 Å². The third-order valence-corrected chi connectivity index (χ3v) is 3.66. The van der Waals surface area contributed by atoms with Gasteiger partial charge in [0.2, 0.25) is 0 Å². The molecule has 0 aliphatic carbocycles. The Morgan fingerprint density at radius 2 is 2.21 bits per heavy atom. The molecule has 9 heteroatoms. The number of amides is 2. The van der Waals surface area contributed by atoms with Crippen LogP contribution in [0.4, 0.5) is 23.8 Å². The van der Waals surface area contributed by atoms with Crippen molar-refractivity contribution in [3.05, 3.63) is 23.9 Å². The molecule has 1 fully saturated rings. The molecule has 1 aliphatic heterocycles. The van der Waals surface area contributed by atoms with E-state index in [1.165, 1.54) is 6.07 Å². The lowest BCUT2D eigenvalue weighted by molar-refractivity contribution is -0.137. The Balaban J connectivity index is 1.65. The van der Waals surface area contributed by atoms with Gasteiger partial charge in [-0.25, -0.2) is 9.78 Å². The monoisotopic (exact) mass is 346 g/mol. The fourth-order valence-corrected chi connectivity index (χ4v) is 2.30. The minimum Gasteiger partial charge on any atom is -0.377 e. The lowest BCUT2D eigenvalue weighted by Crippen LogP contribution is -2.51. The van der Waals surface area contributed by atoms with Crippen LogP contribution in [0.25, 0.3) is 0 Å². The quantitative estimate of drug-likeness (QED) is 0.803.